The van der Waals surface area contributed by atoms with Gasteiger partial charge in [-0.1, -0.05) is 22.6 Å². The van der Waals surface area contributed by atoms with Gasteiger partial charge >= 0.3 is 15.1 Å². The van der Waals surface area contributed by atoms with E-state index in [1.165, 1.54) is 28.3 Å². The highest BCUT2D eigenvalue weighted by atomic mass is 35.5. The Morgan fingerprint density at radius 2 is 1.85 bits per heavy atom. The molecule has 15 heteroatoms. The molecule has 4 aromatic rings. The Kier molecular flexibility index (Phi) is 9.62. The van der Waals surface area contributed by atoms with Crippen LogP contribution in [0, 0.1) is 10.1 Å². The Hall–Kier alpha value is -2.97. The quantitative estimate of drug-likeness (QED) is 0.0949. The lowest BCUT2D eigenvalue weighted by atomic mass is 10.0. The summed E-state index contributed by atoms with van der Waals surface area (Å²) in [5.41, 5.74) is 2.59. The number of nitro groups is 1. The molecule has 39 heavy (non-hydrogen) atoms. The molecule has 4 rings (SSSR count). The van der Waals surface area contributed by atoms with E-state index in [2.05, 4.69) is 10.3 Å². The van der Waals surface area contributed by atoms with E-state index in [0.29, 0.717) is 41.4 Å². The van der Waals surface area contributed by atoms with Gasteiger partial charge in [0.2, 0.25) is 0 Å². The molecule has 1 unspecified atom stereocenters. The van der Waals surface area contributed by atoms with Crippen molar-refractivity contribution in [3.63, 3.8) is 0 Å². The number of hydrogen-bond donors (Lipinski definition) is 1. The topological polar surface area (TPSA) is 141 Å². The largest absolute Gasteiger partial charge is 0.394 e. The van der Waals surface area contributed by atoms with Crippen LogP contribution in [0.15, 0.2) is 53.9 Å². The minimum Gasteiger partial charge on any atom is -0.394 e. The highest BCUT2D eigenvalue weighted by Gasteiger charge is 2.36. The Morgan fingerprint density at radius 1 is 1.13 bits per heavy atom. The first-order valence-electron chi connectivity index (χ1n) is 11.8. The Balaban J connectivity index is 1.67. The molecule has 0 spiro atoms. The Bertz CT molecular complexity index is 1520. The third kappa shape index (κ3) is 6.79. The normalized spacial score (nSPS) is 12.5. The predicted octanol–water partition coefficient (Wildman–Crippen LogP) is 4.37. The highest BCUT2D eigenvalue weighted by Crippen LogP contribution is 2.38. The van der Waals surface area contributed by atoms with Gasteiger partial charge in [0.1, 0.15) is 16.5 Å². The van der Waals surface area contributed by atoms with Crippen molar-refractivity contribution in [2.45, 2.75) is 18.2 Å². The van der Waals surface area contributed by atoms with E-state index in [4.69, 9.17) is 27.4 Å². The number of rotatable bonds is 14. The van der Waals surface area contributed by atoms with Crippen LogP contribution in [0.1, 0.15) is 16.4 Å². The van der Waals surface area contributed by atoms with Gasteiger partial charge < -0.3 is 14.2 Å². The van der Waals surface area contributed by atoms with Crippen LogP contribution in [-0.4, -0.2) is 64.9 Å². The minimum atomic E-state index is -4.40. The van der Waals surface area contributed by atoms with Crippen LogP contribution in [0.3, 0.4) is 0 Å². The molecule has 0 bridgehead atoms. The number of fused-ring (bicyclic) bond motifs is 1. The smallest absolute Gasteiger partial charge is 0.328 e. The lowest BCUT2D eigenvalue weighted by Gasteiger charge is -2.23. The molecule has 2 aromatic carbocycles. The number of anilines is 1. The average Bonchev–Trinajstić information content (AvgIpc) is 3.55. The van der Waals surface area contributed by atoms with Crippen molar-refractivity contribution < 1.29 is 22.6 Å². The number of aliphatic hydroxyl groups excluding tert-OH is 1. The van der Waals surface area contributed by atoms with Crippen LogP contribution in [0.4, 0.5) is 10.7 Å². The second-order valence-corrected chi connectivity index (χ2v) is 11.8. The average molecular weight is 615 g/mol. The van der Waals surface area contributed by atoms with Gasteiger partial charge in [0.05, 0.1) is 29.2 Å². The zero-order valence-corrected chi connectivity index (χ0v) is 23.7. The second kappa shape index (κ2) is 12.9. The molecular weight excluding hydrogens is 589 g/mol. The molecule has 2 heterocycles. The van der Waals surface area contributed by atoms with Crippen LogP contribution in [0.25, 0.3) is 11.0 Å². The van der Waals surface area contributed by atoms with E-state index in [-0.39, 0.29) is 35.9 Å². The van der Waals surface area contributed by atoms with Gasteiger partial charge in [-0.2, -0.15) is 8.42 Å². The first kappa shape index (κ1) is 29.0. The van der Waals surface area contributed by atoms with E-state index < -0.39 is 20.3 Å². The zero-order chi connectivity index (χ0) is 28.0. The van der Waals surface area contributed by atoms with Gasteiger partial charge in [0.25, 0.3) is 0 Å². The molecule has 0 amide bonds. The van der Waals surface area contributed by atoms with Crippen molar-refractivity contribution in [1.29, 1.82) is 0 Å². The third-order valence-corrected chi connectivity index (χ3v) is 8.73. The maximum atomic E-state index is 13.6. The maximum absolute atomic E-state index is 13.6. The van der Waals surface area contributed by atoms with E-state index in [0.717, 1.165) is 17.0 Å². The Morgan fingerprint density at radius 3 is 2.49 bits per heavy atom. The molecule has 0 fully saturated rings. The SMILES string of the molecule is O=[N+]([O-])c1sccc1C(Cc1ccc2nnn(CCO)c2c1)S(=O)(=O)Oc1ccc(N(CCCl)CCCl)cc1. The summed E-state index contributed by atoms with van der Waals surface area (Å²) in [5.74, 6) is 0.861. The second-order valence-electron chi connectivity index (χ2n) is 8.43. The highest BCUT2D eigenvalue weighted by molar-refractivity contribution is 7.87. The van der Waals surface area contributed by atoms with Gasteiger partial charge in [-0.15, -0.1) is 28.3 Å². The fourth-order valence-electron chi connectivity index (χ4n) is 4.16. The fraction of sp³-hybridized carbons (Fsp3) is 0.333. The Labute approximate surface area is 238 Å². The fourth-order valence-corrected chi connectivity index (χ4v) is 6.81. The summed E-state index contributed by atoms with van der Waals surface area (Å²) < 4.78 is 34.3. The number of aromatic nitrogens is 3. The number of alkyl halides is 2. The summed E-state index contributed by atoms with van der Waals surface area (Å²) in [4.78, 5) is 13.1. The first-order valence-corrected chi connectivity index (χ1v) is 15.2. The molecule has 1 atom stereocenters. The van der Waals surface area contributed by atoms with Gasteiger partial charge in [-0.25, -0.2) is 4.68 Å². The number of benzene rings is 2. The van der Waals surface area contributed by atoms with Crippen molar-refractivity contribution in [3.05, 3.63) is 75.2 Å². The van der Waals surface area contributed by atoms with Gasteiger partial charge in [0.15, 0.2) is 0 Å². The molecule has 11 nitrogen and oxygen atoms in total. The van der Waals surface area contributed by atoms with Gasteiger partial charge in [-0.05, 0) is 59.8 Å². The van der Waals surface area contributed by atoms with Crippen molar-refractivity contribution in [3.8, 4) is 5.75 Å². The number of nitrogens with zero attached hydrogens (tertiary/aromatic N) is 5. The molecule has 0 aliphatic rings. The van der Waals surface area contributed by atoms with Crippen molar-refractivity contribution >= 4 is 66.4 Å². The summed E-state index contributed by atoms with van der Waals surface area (Å²) >= 11 is 12.6. The van der Waals surface area contributed by atoms with Gasteiger partial charge in [0, 0.05) is 30.5 Å². The molecule has 0 saturated carbocycles. The van der Waals surface area contributed by atoms with Crippen LogP contribution < -0.4 is 9.08 Å². The van der Waals surface area contributed by atoms with E-state index in [1.807, 2.05) is 4.90 Å². The summed E-state index contributed by atoms with van der Waals surface area (Å²) in [6.07, 6.45) is -0.0997. The summed E-state index contributed by atoms with van der Waals surface area (Å²) in [7, 11) is -4.40. The number of hydrogen-bond acceptors (Lipinski definition) is 10. The van der Waals surface area contributed by atoms with E-state index in [9.17, 15) is 23.6 Å². The van der Waals surface area contributed by atoms with Gasteiger partial charge in [-0.3, -0.25) is 10.1 Å². The van der Waals surface area contributed by atoms with Crippen LogP contribution in [-0.2, 0) is 23.1 Å². The first-order chi connectivity index (χ1) is 18.8. The maximum Gasteiger partial charge on any atom is 0.328 e. The summed E-state index contributed by atoms with van der Waals surface area (Å²) in [5, 5.41) is 28.9. The lowest BCUT2D eigenvalue weighted by molar-refractivity contribution is -0.380. The molecule has 0 saturated heterocycles. The van der Waals surface area contributed by atoms with E-state index >= 15 is 0 Å². The monoisotopic (exact) mass is 613 g/mol. The molecule has 0 radical (unpaired) electrons. The number of thiophene rings is 1. The third-order valence-electron chi connectivity index (χ3n) is 5.97. The van der Waals surface area contributed by atoms with Crippen molar-refractivity contribution in [2.75, 3.05) is 36.4 Å². The zero-order valence-electron chi connectivity index (χ0n) is 20.5. The molecule has 1 N–H and O–H groups in total. The number of aliphatic hydroxyl groups is 1. The molecular formula is C24H25Cl2N5O6S2. The van der Waals surface area contributed by atoms with Crippen LogP contribution in [0.2, 0.25) is 0 Å². The molecule has 2 aromatic heterocycles. The lowest BCUT2D eigenvalue weighted by Crippen LogP contribution is -2.27. The molecule has 0 aliphatic carbocycles. The van der Waals surface area contributed by atoms with Crippen molar-refractivity contribution in [2.24, 2.45) is 0 Å². The van der Waals surface area contributed by atoms with Crippen LogP contribution >= 0.6 is 34.5 Å². The minimum absolute atomic E-state index is 0.0408. The van der Waals surface area contributed by atoms with Crippen LogP contribution in [0.5, 0.6) is 5.75 Å². The summed E-state index contributed by atoms with van der Waals surface area (Å²) in [6, 6.07) is 13.0. The predicted molar refractivity (Wildman–Crippen MR) is 152 cm³/mol. The van der Waals surface area contributed by atoms with Crippen molar-refractivity contribution in [1.82, 2.24) is 15.0 Å². The number of halogens is 2. The van der Waals surface area contributed by atoms with E-state index in [1.54, 1.807) is 30.3 Å². The summed E-state index contributed by atoms with van der Waals surface area (Å²) in [6.45, 7) is 1.19. The standard InChI is InChI=1S/C24H25Cl2N5O6S2/c25-8-10-29(11-9-26)18-2-4-19(5-3-18)37-39(35,36)23(20-7-14-38-24(20)31(33)34)16-17-1-6-21-22(15-17)30(12-13-32)28-27-21/h1-7,14-15,23,32H,8-13,16H2. The molecule has 208 valence electrons. The molecule has 0 aliphatic heterocycles.